The van der Waals surface area contributed by atoms with E-state index in [9.17, 15) is 14.0 Å². The highest BCUT2D eigenvalue weighted by molar-refractivity contribution is 5.96. The Morgan fingerprint density at radius 2 is 1.95 bits per heavy atom. The van der Waals surface area contributed by atoms with Gasteiger partial charge in [0.15, 0.2) is 11.6 Å². The molecule has 6 heteroatoms. The van der Waals surface area contributed by atoms with Crippen LogP contribution in [-0.4, -0.2) is 32.1 Å². The van der Waals surface area contributed by atoms with Gasteiger partial charge in [0, 0.05) is 5.56 Å². The summed E-state index contributed by atoms with van der Waals surface area (Å²) in [5.41, 5.74) is 0.117. The monoisotopic (exact) mass is 297 g/mol. The molecule has 1 N–H and O–H groups in total. The number of amides is 1. The first kappa shape index (κ1) is 16.9. The van der Waals surface area contributed by atoms with E-state index in [1.54, 1.807) is 0 Å². The molecule has 0 aromatic heterocycles. The third kappa shape index (κ3) is 4.73. The van der Waals surface area contributed by atoms with Gasteiger partial charge in [-0.3, -0.25) is 4.79 Å². The number of ether oxygens (including phenoxy) is 2. The Morgan fingerprint density at radius 1 is 1.29 bits per heavy atom. The van der Waals surface area contributed by atoms with Gasteiger partial charge < -0.3 is 14.8 Å². The number of hydrogen-bond acceptors (Lipinski definition) is 4. The standard InChI is InChI=1S/C15H20FNO4/c1-9(2)7-12(15(19)21-4)17-14(18)10-5-6-13(20-3)11(16)8-10/h5-6,8-9,12H,7H2,1-4H3,(H,17,18). The number of halogens is 1. The van der Waals surface area contributed by atoms with Gasteiger partial charge in [-0.15, -0.1) is 0 Å². The molecular weight excluding hydrogens is 277 g/mol. The molecule has 1 amide bonds. The van der Waals surface area contributed by atoms with E-state index >= 15 is 0 Å². The maximum Gasteiger partial charge on any atom is 0.328 e. The van der Waals surface area contributed by atoms with Crippen LogP contribution in [0, 0.1) is 11.7 Å². The highest BCUT2D eigenvalue weighted by atomic mass is 19.1. The normalized spacial score (nSPS) is 11.9. The second kappa shape index (κ2) is 7.61. The lowest BCUT2D eigenvalue weighted by Crippen LogP contribution is -2.42. The summed E-state index contributed by atoms with van der Waals surface area (Å²) in [4.78, 5) is 23.7. The van der Waals surface area contributed by atoms with Crippen LogP contribution in [0.25, 0.3) is 0 Å². The maximum absolute atomic E-state index is 13.6. The molecule has 0 aliphatic heterocycles. The largest absolute Gasteiger partial charge is 0.494 e. The van der Waals surface area contributed by atoms with Crippen LogP contribution >= 0.6 is 0 Å². The zero-order valence-corrected chi connectivity index (χ0v) is 12.6. The van der Waals surface area contributed by atoms with Crippen LogP contribution < -0.4 is 10.1 Å². The van der Waals surface area contributed by atoms with E-state index in [1.807, 2.05) is 13.8 Å². The molecule has 1 aromatic carbocycles. The number of hydrogen-bond donors (Lipinski definition) is 1. The zero-order valence-electron chi connectivity index (χ0n) is 12.6. The Morgan fingerprint density at radius 3 is 2.43 bits per heavy atom. The fourth-order valence-corrected chi connectivity index (χ4v) is 1.88. The van der Waals surface area contributed by atoms with E-state index in [-0.39, 0.29) is 17.2 Å². The van der Waals surface area contributed by atoms with E-state index < -0.39 is 23.7 Å². The van der Waals surface area contributed by atoms with Gasteiger partial charge >= 0.3 is 5.97 Å². The summed E-state index contributed by atoms with van der Waals surface area (Å²) in [6.07, 6.45) is 0.442. The summed E-state index contributed by atoms with van der Waals surface area (Å²) >= 11 is 0. The van der Waals surface area contributed by atoms with Gasteiger partial charge in [0.1, 0.15) is 6.04 Å². The van der Waals surface area contributed by atoms with Crippen molar-refractivity contribution in [1.29, 1.82) is 0 Å². The number of carbonyl (C=O) groups excluding carboxylic acids is 2. The lowest BCUT2D eigenvalue weighted by molar-refractivity contribution is -0.143. The van der Waals surface area contributed by atoms with Crippen molar-refractivity contribution in [3.05, 3.63) is 29.6 Å². The highest BCUT2D eigenvalue weighted by Gasteiger charge is 2.23. The fourth-order valence-electron chi connectivity index (χ4n) is 1.88. The molecule has 1 aromatic rings. The molecule has 0 saturated heterocycles. The van der Waals surface area contributed by atoms with Crippen LogP contribution in [0.5, 0.6) is 5.75 Å². The summed E-state index contributed by atoms with van der Waals surface area (Å²) in [6.45, 7) is 3.85. The molecule has 0 spiro atoms. The van der Waals surface area contributed by atoms with Crippen LogP contribution in [0.3, 0.4) is 0 Å². The lowest BCUT2D eigenvalue weighted by Gasteiger charge is -2.18. The zero-order chi connectivity index (χ0) is 16.0. The van der Waals surface area contributed by atoms with E-state index in [0.717, 1.165) is 6.07 Å². The predicted octanol–water partition coefficient (Wildman–Crippen LogP) is 2.15. The van der Waals surface area contributed by atoms with Crippen LogP contribution in [0.15, 0.2) is 18.2 Å². The molecule has 0 fully saturated rings. The van der Waals surface area contributed by atoms with E-state index in [0.29, 0.717) is 6.42 Å². The van der Waals surface area contributed by atoms with Crippen molar-refractivity contribution >= 4 is 11.9 Å². The smallest absolute Gasteiger partial charge is 0.328 e. The average Bonchev–Trinajstić information content (AvgIpc) is 2.44. The van der Waals surface area contributed by atoms with Crippen LogP contribution in [-0.2, 0) is 9.53 Å². The van der Waals surface area contributed by atoms with Crippen molar-refractivity contribution in [3.63, 3.8) is 0 Å². The van der Waals surface area contributed by atoms with Crippen molar-refractivity contribution in [2.75, 3.05) is 14.2 Å². The molecular formula is C15H20FNO4. The number of methoxy groups -OCH3 is 2. The Balaban J connectivity index is 2.86. The minimum Gasteiger partial charge on any atom is -0.494 e. The van der Waals surface area contributed by atoms with Gasteiger partial charge in [0.25, 0.3) is 5.91 Å². The molecule has 1 rings (SSSR count). The molecule has 0 saturated carbocycles. The minimum absolute atomic E-state index is 0.0539. The van der Waals surface area contributed by atoms with E-state index in [4.69, 9.17) is 4.74 Å². The Hall–Kier alpha value is -2.11. The molecule has 0 radical (unpaired) electrons. The predicted molar refractivity (Wildman–Crippen MR) is 75.7 cm³/mol. The number of carbonyl (C=O) groups is 2. The molecule has 116 valence electrons. The molecule has 21 heavy (non-hydrogen) atoms. The minimum atomic E-state index is -0.757. The summed E-state index contributed by atoms with van der Waals surface area (Å²) in [7, 11) is 2.60. The van der Waals surface area contributed by atoms with E-state index in [1.165, 1.54) is 26.4 Å². The number of esters is 1. The summed E-state index contributed by atoms with van der Waals surface area (Å²) in [5.74, 6) is -1.44. The Kier molecular flexibility index (Phi) is 6.14. The quantitative estimate of drug-likeness (QED) is 0.817. The SMILES string of the molecule is COC(=O)C(CC(C)C)NC(=O)c1ccc(OC)c(F)c1. The van der Waals surface area contributed by atoms with Gasteiger partial charge in [-0.1, -0.05) is 13.8 Å². The molecule has 0 aliphatic carbocycles. The topological polar surface area (TPSA) is 64.6 Å². The molecule has 5 nitrogen and oxygen atoms in total. The van der Waals surface area contributed by atoms with Gasteiger partial charge in [-0.05, 0) is 30.5 Å². The van der Waals surface area contributed by atoms with E-state index in [2.05, 4.69) is 10.1 Å². The van der Waals surface area contributed by atoms with Crippen molar-refractivity contribution < 1.29 is 23.5 Å². The van der Waals surface area contributed by atoms with Gasteiger partial charge in [-0.2, -0.15) is 0 Å². The average molecular weight is 297 g/mol. The third-order valence-electron chi connectivity index (χ3n) is 2.91. The Labute approximate surface area is 123 Å². The van der Waals surface area contributed by atoms with Crippen molar-refractivity contribution in [1.82, 2.24) is 5.32 Å². The van der Waals surface area contributed by atoms with Gasteiger partial charge in [-0.25, -0.2) is 9.18 Å². The first-order chi connectivity index (χ1) is 9.88. The third-order valence-corrected chi connectivity index (χ3v) is 2.91. The first-order valence-corrected chi connectivity index (χ1v) is 6.61. The Bertz CT molecular complexity index is 516. The number of rotatable bonds is 6. The summed E-state index contributed by atoms with van der Waals surface area (Å²) < 4.78 is 23.0. The van der Waals surface area contributed by atoms with Gasteiger partial charge in [0.2, 0.25) is 0 Å². The molecule has 1 unspecified atom stereocenters. The van der Waals surface area contributed by atoms with Gasteiger partial charge in [0.05, 0.1) is 14.2 Å². The highest BCUT2D eigenvalue weighted by Crippen LogP contribution is 2.18. The number of nitrogens with one attached hydrogen (secondary N) is 1. The maximum atomic E-state index is 13.6. The van der Waals surface area contributed by atoms with Crippen molar-refractivity contribution in [2.45, 2.75) is 26.3 Å². The second-order valence-corrected chi connectivity index (χ2v) is 5.03. The molecule has 1 atom stereocenters. The second-order valence-electron chi connectivity index (χ2n) is 5.03. The lowest BCUT2D eigenvalue weighted by atomic mass is 10.0. The van der Waals surface area contributed by atoms with Crippen molar-refractivity contribution in [3.8, 4) is 5.75 Å². The summed E-state index contributed by atoms with van der Waals surface area (Å²) in [5, 5.41) is 2.56. The van der Waals surface area contributed by atoms with Crippen LogP contribution in [0.2, 0.25) is 0 Å². The van der Waals surface area contributed by atoms with Crippen LogP contribution in [0.4, 0.5) is 4.39 Å². The first-order valence-electron chi connectivity index (χ1n) is 6.61. The molecule has 0 bridgehead atoms. The molecule has 0 aliphatic rings. The fraction of sp³-hybridized carbons (Fsp3) is 0.467. The van der Waals surface area contributed by atoms with Crippen LogP contribution in [0.1, 0.15) is 30.6 Å². The summed E-state index contributed by atoms with van der Waals surface area (Å²) in [6, 6.07) is 3.10. The van der Waals surface area contributed by atoms with Crippen molar-refractivity contribution in [2.24, 2.45) is 5.92 Å². The molecule has 0 heterocycles. The number of benzene rings is 1.